The molecule has 0 aliphatic carbocycles. The van der Waals surface area contributed by atoms with Gasteiger partial charge in [-0.2, -0.15) is 0 Å². The van der Waals surface area contributed by atoms with E-state index in [1.165, 1.54) is 0 Å². The molecule has 4 heteroatoms. The van der Waals surface area contributed by atoms with Gasteiger partial charge in [-0.05, 0) is 34.7 Å². The minimum Gasteiger partial charge on any atom is -0.294 e. The summed E-state index contributed by atoms with van der Waals surface area (Å²) < 4.78 is 27.3. The summed E-state index contributed by atoms with van der Waals surface area (Å²) in [6.45, 7) is 3.25. The number of alkyl halides is 2. The molecule has 0 aliphatic rings. The van der Waals surface area contributed by atoms with Crippen molar-refractivity contribution in [3.05, 3.63) is 46.1 Å². The number of benzene rings is 1. The Morgan fingerprint density at radius 1 is 1.38 bits per heavy atom. The summed E-state index contributed by atoms with van der Waals surface area (Å²) >= 11 is 2.09. The van der Waals surface area contributed by atoms with Gasteiger partial charge in [0.1, 0.15) is 0 Å². The van der Waals surface area contributed by atoms with Crippen LogP contribution in [-0.4, -0.2) is 11.7 Å². The molecule has 0 aliphatic heterocycles. The molecule has 0 N–H and O–H groups in total. The Morgan fingerprint density at radius 3 is 2.44 bits per heavy atom. The highest BCUT2D eigenvalue weighted by Crippen LogP contribution is 2.25. The second kappa shape index (κ2) is 5.52. The van der Waals surface area contributed by atoms with Gasteiger partial charge in [0, 0.05) is 15.6 Å². The highest BCUT2D eigenvalue weighted by molar-refractivity contribution is 14.1. The van der Waals surface area contributed by atoms with Crippen molar-refractivity contribution in [2.24, 2.45) is 0 Å². The molecular formula is C12H11F2IO. The Balaban J connectivity index is 2.72. The first-order chi connectivity index (χ1) is 7.44. The Labute approximate surface area is 107 Å². The molecule has 0 fully saturated rings. The second-order valence-electron chi connectivity index (χ2n) is 3.46. The van der Waals surface area contributed by atoms with Gasteiger partial charge in [-0.1, -0.05) is 18.2 Å². The number of carbonyl (C=O) groups excluding carboxylic acids is 1. The van der Waals surface area contributed by atoms with Gasteiger partial charge in [-0.3, -0.25) is 4.79 Å². The van der Waals surface area contributed by atoms with Gasteiger partial charge in [-0.25, -0.2) is 8.78 Å². The van der Waals surface area contributed by atoms with Crippen molar-refractivity contribution in [2.45, 2.75) is 18.8 Å². The van der Waals surface area contributed by atoms with E-state index in [4.69, 9.17) is 0 Å². The van der Waals surface area contributed by atoms with Crippen LogP contribution in [0, 0.1) is 3.57 Å². The maximum absolute atomic E-state index is 13.1. The Morgan fingerprint density at radius 2 is 1.94 bits per heavy atom. The van der Waals surface area contributed by atoms with E-state index in [-0.39, 0.29) is 0 Å². The zero-order valence-corrected chi connectivity index (χ0v) is 10.7. The molecule has 0 spiro atoms. The molecule has 0 radical (unpaired) electrons. The molecule has 0 amide bonds. The average molecular weight is 336 g/mol. The lowest BCUT2D eigenvalue weighted by atomic mass is 10.0. The van der Waals surface area contributed by atoms with Gasteiger partial charge in [0.15, 0.2) is 5.78 Å². The molecule has 1 nitrogen and oxygen atoms in total. The number of hydrogen-bond donors (Lipinski definition) is 0. The van der Waals surface area contributed by atoms with E-state index in [0.29, 0.717) is 5.56 Å². The summed E-state index contributed by atoms with van der Waals surface area (Å²) in [5, 5.41) is 0. The van der Waals surface area contributed by atoms with Crippen LogP contribution in [0.25, 0.3) is 0 Å². The standard InChI is InChI=1S/C12H11F2IO/c1-2-7-12(13,14)8-11(16)9-3-5-10(15)6-4-9/h2-6H,1,7-8H2. The molecule has 0 saturated carbocycles. The maximum Gasteiger partial charge on any atom is 0.258 e. The summed E-state index contributed by atoms with van der Waals surface area (Å²) in [6, 6.07) is 6.57. The molecule has 0 heterocycles. The summed E-state index contributed by atoms with van der Waals surface area (Å²) in [4.78, 5) is 11.5. The minimum absolute atomic E-state index is 0.323. The molecule has 0 aromatic heterocycles. The monoisotopic (exact) mass is 336 g/mol. The van der Waals surface area contributed by atoms with E-state index in [9.17, 15) is 13.6 Å². The van der Waals surface area contributed by atoms with Crippen LogP contribution in [0.1, 0.15) is 23.2 Å². The molecular weight excluding hydrogens is 325 g/mol. The number of ketones is 1. The van der Waals surface area contributed by atoms with Crippen LogP contribution in [0.5, 0.6) is 0 Å². The fourth-order valence-electron chi connectivity index (χ4n) is 1.26. The number of Topliss-reactive ketones (excluding diaryl/α,β-unsaturated/α-hetero) is 1. The number of carbonyl (C=O) groups is 1. The normalized spacial score (nSPS) is 11.2. The first-order valence-corrected chi connectivity index (χ1v) is 5.80. The van der Waals surface area contributed by atoms with E-state index in [0.717, 1.165) is 9.65 Å². The Hall–Kier alpha value is -0.780. The zero-order valence-electron chi connectivity index (χ0n) is 8.55. The van der Waals surface area contributed by atoms with E-state index in [1.807, 2.05) is 0 Å². The smallest absolute Gasteiger partial charge is 0.258 e. The predicted octanol–water partition coefficient (Wildman–Crippen LogP) is 4.08. The van der Waals surface area contributed by atoms with Crippen LogP contribution in [0.15, 0.2) is 36.9 Å². The number of allylic oxidation sites excluding steroid dienone is 1. The van der Waals surface area contributed by atoms with Crippen molar-refractivity contribution < 1.29 is 13.6 Å². The van der Waals surface area contributed by atoms with Crippen molar-refractivity contribution in [3.63, 3.8) is 0 Å². The minimum atomic E-state index is -3.00. The Kier molecular flexibility index (Phi) is 4.58. The topological polar surface area (TPSA) is 17.1 Å². The van der Waals surface area contributed by atoms with Gasteiger partial charge in [0.25, 0.3) is 5.92 Å². The first-order valence-electron chi connectivity index (χ1n) is 4.72. The van der Waals surface area contributed by atoms with Crippen molar-refractivity contribution in [1.82, 2.24) is 0 Å². The van der Waals surface area contributed by atoms with Gasteiger partial charge < -0.3 is 0 Å². The van der Waals surface area contributed by atoms with Crippen molar-refractivity contribution in [2.75, 3.05) is 0 Å². The van der Waals surface area contributed by atoms with Crippen LogP contribution in [-0.2, 0) is 0 Å². The third kappa shape index (κ3) is 4.00. The quantitative estimate of drug-likeness (QED) is 0.450. The third-order valence-corrected chi connectivity index (χ3v) is 2.75. The van der Waals surface area contributed by atoms with Gasteiger partial charge in [0.05, 0.1) is 6.42 Å². The van der Waals surface area contributed by atoms with Gasteiger partial charge in [0.2, 0.25) is 0 Å². The first kappa shape index (κ1) is 13.3. The van der Waals surface area contributed by atoms with Crippen LogP contribution < -0.4 is 0 Å². The lowest BCUT2D eigenvalue weighted by Gasteiger charge is -2.12. The summed E-state index contributed by atoms with van der Waals surface area (Å²) in [5.74, 6) is -3.54. The van der Waals surface area contributed by atoms with Crippen molar-refractivity contribution >= 4 is 28.4 Å². The molecule has 1 rings (SSSR count). The van der Waals surface area contributed by atoms with Crippen LogP contribution in [0.2, 0.25) is 0 Å². The molecule has 0 bridgehead atoms. The number of rotatable bonds is 5. The van der Waals surface area contributed by atoms with Crippen LogP contribution >= 0.6 is 22.6 Å². The SMILES string of the molecule is C=CCC(F)(F)CC(=O)c1ccc(I)cc1. The number of hydrogen-bond acceptors (Lipinski definition) is 1. The number of halogens is 3. The largest absolute Gasteiger partial charge is 0.294 e. The second-order valence-corrected chi connectivity index (χ2v) is 4.70. The summed E-state index contributed by atoms with van der Waals surface area (Å²) in [7, 11) is 0. The highest BCUT2D eigenvalue weighted by atomic mass is 127. The van der Waals surface area contributed by atoms with Crippen LogP contribution in [0.4, 0.5) is 8.78 Å². The molecule has 0 unspecified atom stereocenters. The predicted molar refractivity (Wildman–Crippen MR) is 67.9 cm³/mol. The van der Waals surface area contributed by atoms with E-state index in [1.54, 1.807) is 24.3 Å². The lowest BCUT2D eigenvalue weighted by molar-refractivity contribution is 0.000369. The molecule has 0 saturated heterocycles. The molecule has 1 aromatic rings. The van der Waals surface area contributed by atoms with E-state index >= 15 is 0 Å². The molecule has 1 aromatic carbocycles. The molecule has 0 atom stereocenters. The fourth-order valence-corrected chi connectivity index (χ4v) is 1.62. The molecule has 86 valence electrons. The highest BCUT2D eigenvalue weighted by Gasteiger charge is 2.30. The van der Waals surface area contributed by atoms with Crippen molar-refractivity contribution in [3.8, 4) is 0 Å². The van der Waals surface area contributed by atoms with Crippen molar-refractivity contribution in [1.29, 1.82) is 0 Å². The molecule has 16 heavy (non-hydrogen) atoms. The van der Waals surface area contributed by atoms with Crippen LogP contribution in [0.3, 0.4) is 0 Å². The maximum atomic E-state index is 13.1. The average Bonchev–Trinajstić information content (AvgIpc) is 2.17. The third-order valence-electron chi connectivity index (χ3n) is 2.03. The van der Waals surface area contributed by atoms with E-state index in [2.05, 4.69) is 29.2 Å². The summed E-state index contributed by atoms with van der Waals surface area (Å²) in [6.07, 6.45) is -0.107. The summed E-state index contributed by atoms with van der Waals surface area (Å²) in [5.41, 5.74) is 0.323. The van der Waals surface area contributed by atoms with Gasteiger partial charge in [-0.15, -0.1) is 6.58 Å². The van der Waals surface area contributed by atoms with Gasteiger partial charge >= 0.3 is 0 Å². The fraction of sp³-hybridized carbons (Fsp3) is 0.250. The zero-order chi connectivity index (χ0) is 12.2. The Bertz CT molecular complexity index is 385. The van der Waals surface area contributed by atoms with E-state index < -0.39 is 24.5 Å². The lowest BCUT2D eigenvalue weighted by Crippen LogP contribution is -2.20.